The first kappa shape index (κ1) is 15.0. The number of nitrogens with one attached hydrogen (secondary N) is 1. The Hall–Kier alpha value is -2.95. The van der Waals surface area contributed by atoms with Gasteiger partial charge in [0.2, 0.25) is 0 Å². The molecule has 0 atom stereocenters. The van der Waals surface area contributed by atoms with E-state index in [1.165, 1.54) is 0 Å². The standard InChI is InChI=1S/C18H18N4O/c1-13(15-8-4-3-5-9-15)20-21-18(23)12-22-14(2)19-16-10-6-7-11-17(16)22/h3-11H,12H2,1-2H3,(H,21,23)/b20-13-. The van der Waals surface area contributed by atoms with E-state index in [1.807, 2.05) is 73.0 Å². The smallest absolute Gasteiger partial charge is 0.260 e. The number of nitrogens with zero attached hydrogens (tertiary/aromatic N) is 3. The first-order valence-corrected chi connectivity index (χ1v) is 7.45. The van der Waals surface area contributed by atoms with E-state index in [0.29, 0.717) is 0 Å². The number of aromatic nitrogens is 2. The van der Waals surface area contributed by atoms with Crippen LogP contribution in [0.5, 0.6) is 0 Å². The van der Waals surface area contributed by atoms with Crippen LogP contribution in [0.15, 0.2) is 59.7 Å². The van der Waals surface area contributed by atoms with E-state index < -0.39 is 0 Å². The van der Waals surface area contributed by atoms with E-state index >= 15 is 0 Å². The van der Waals surface area contributed by atoms with E-state index in [-0.39, 0.29) is 12.5 Å². The van der Waals surface area contributed by atoms with Gasteiger partial charge in [0, 0.05) is 0 Å². The van der Waals surface area contributed by atoms with Crippen molar-refractivity contribution in [2.45, 2.75) is 20.4 Å². The first-order chi connectivity index (χ1) is 11.1. The molecular formula is C18H18N4O. The van der Waals surface area contributed by atoms with Crippen molar-refractivity contribution in [3.8, 4) is 0 Å². The SMILES string of the molecule is C/C(=N/NC(=O)Cn1c(C)nc2ccccc21)c1ccccc1. The van der Waals surface area contributed by atoms with Crippen molar-refractivity contribution in [2.24, 2.45) is 5.10 Å². The normalized spacial score (nSPS) is 11.7. The summed E-state index contributed by atoms with van der Waals surface area (Å²) in [6.45, 7) is 3.96. The van der Waals surface area contributed by atoms with E-state index in [2.05, 4.69) is 15.5 Å². The van der Waals surface area contributed by atoms with E-state index in [4.69, 9.17) is 0 Å². The van der Waals surface area contributed by atoms with Crippen molar-refractivity contribution >= 4 is 22.7 Å². The van der Waals surface area contributed by atoms with Gasteiger partial charge in [0.15, 0.2) is 0 Å². The Labute approximate surface area is 134 Å². The molecule has 1 N–H and O–H groups in total. The number of hydrogen-bond acceptors (Lipinski definition) is 3. The third-order valence-electron chi connectivity index (χ3n) is 3.69. The highest BCUT2D eigenvalue weighted by Crippen LogP contribution is 2.15. The number of hydrazone groups is 1. The molecule has 0 aliphatic rings. The average molecular weight is 306 g/mol. The summed E-state index contributed by atoms with van der Waals surface area (Å²) in [6, 6.07) is 17.5. The largest absolute Gasteiger partial charge is 0.319 e. The molecule has 0 bridgehead atoms. The minimum Gasteiger partial charge on any atom is -0.319 e. The highest BCUT2D eigenvalue weighted by atomic mass is 16.2. The quantitative estimate of drug-likeness (QED) is 0.595. The zero-order valence-corrected chi connectivity index (χ0v) is 13.2. The lowest BCUT2D eigenvalue weighted by Crippen LogP contribution is -2.24. The number of para-hydroxylation sites is 2. The lowest BCUT2D eigenvalue weighted by molar-refractivity contribution is -0.121. The summed E-state index contributed by atoms with van der Waals surface area (Å²) in [6.07, 6.45) is 0. The predicted molar refractivity (Wildman–Crippen MR) is 91.3 cm³/mol. The van der Waals surface area contributed by atoms with Gasteiger partial charge < -0.3 is 4.57 Å². The molecule has 1 amide bonds. The molecule has 3 rings (SSSR count). The topological polar surface area (TPSA) is 59.3 Å². The summed E-state index contributed by atoms with van der Waals surface area (Å²) >= 11 is 0. The Morgan fingerprint density at radius 2 is 1.83 bits per heavy atom. The number of imidazole rings is 1. The van der Waals surface area contributed by atoms with Crippen LogP contribution in [0.4, 0.5) is 0 Å². The summed E-state index contributed by atoms with van der Waals surface area (Å²) < 4.78 is 1.89. The van der Waals surface area contributed by atoms with Crippen molar-refractivity contribution in [1.29, 1.82) is 0 Å². The molecule has 0 fully saturated rings. The van der Waals surface area contributed by atoms with Crippen LogP contribution in [0.25, 0.3) is 11.0 Å². The van der Waals surface area contributed by atoms with E-state index in [9.17, 15) is 4.79 Å². The molecule has 0 unspecified atom stereocenters. The third-order valence-corrected chi connectivity index (χ3v) is 3.69. The number of rotatable bonds is 4. The summed E-state index contributed by atoms with van der Waals surface area (Å²) in [5.41, 5.74) is 6.20. The molecule has 0 radical (unpaired) electrons. The molecule has 0 saturated heterocycles. The average Bonchev–Trinajstić information content (AvgIpc) is 2.89. The lowest BCUT2D eigenvalue weighted by Gasteiger charge is -2.06. The van der Waals surface area contributed by atoms with Gasteiger partial charge >= 0.3 is 0 Å². The molecule has 5 heteroatoms. The van der Waals surface area contributed by atoms with Crippen LogP contribution in [0.3, 0.4) is 0 Å². The number of amides is 1. The van der Waals surface area contributed by atoms with Crippen molar-refractivity contribution in [3.05, 3.63) is 66.0 Å². The minimum atomic E-state index is -0.175. The number of carbonyl (C=O) groups excluding carboxylic acids is 1. The van der Waals surface area contributed by atoms with Crippen LogP contribution in [0, 0.1) is 6.92 Å². The van der Waals surface area contributed by atoms with Crippen LogP contribution in [0.1, 0.15) is 18.3 Å². The van der Waals surface area contributed by atoms with Crippen LogP contribution in [-0.4, -0.2) is 21.2 Å². The van der Waals surface area contributed by atoms with Gasteiger partial charge in [-0.2, -0.15) is 5.10 Å². The predicted octanol–water partition coefficient (Wildman–Crippen LogP) is 2.89. The van der Waals surface area contributed by atoms with Gasteiger partial charge in [-0.25, -0.2) is 10.4 Å². The molecule has 116 valence electrons. The van der Waals surface area contributed by atoms with Crippen LogP contribution < -0.4 is 5.43 Å². The zero-order valence-electron chi connectivity index (χ0n) is 13.2. The number of benzene rings is 2. The van der Waals surface area contributed by atoms with Gasteiger partial charge in [-0.1, -0.05) is 42.5 Å². The van der Waals surface area contributed by atoms with Crippen LogP contribution >= 0.6 is 0 Å². The molecule has 1 heterocycles. The highest BCUT2D eigenvalue weighted by molar-refractivity contribution is 5.99. The number of fused-ring (bicyclic) bond motifs is 1. The Kier molecular flexibility index (Phi) is 4.19. The molecule has 0 aliphatic heterocycles. The Balaban J connectivity index is 1.73. The fraction of sp³-hybridized carbons (Fsp3) is 0.167. The fourth-order valence-corrected chi connectivity index (χ4v) is 2.46. The monoisotopic (exact) mass is 306 g/mol. The molecule has 2 aromatic carbocycles. The minimum absolute atomic E-state index is 0.175. The molecule has 0 saturated carbocycles. The maximum Gasteiger partial charge on any atom is 0.260 e. The Morgan fingerprint density at radius 1 is 1.13 bits per heavy atom. The second-order valence-electron chi connectivity index (χ2n) is 5.33. The maximum atomic E-state index is 12.2. The van der Waals surface area contributed by atoms with E-state index in [1.54, 1.807) is 0 Å². The second kappa shape index (κ2) is 6.44. The van der Waals surface area contributed by atoms with Crippen LogP contribution in [0.2, 0.25) is 0 Å². The fourth-order valence-electron chi connectivity index (χ4n) is 2.46. The van der Waals surface area contributed by atoms with Crippen molar-refractivity contribution in [2.75, 3.05) is 0 Å². The third kappa shape index (κ3) is 3.29. The molecular weight excluding hydrogens is 288 g/mol. The van der Waals surface area contributed by atoms with Gasteiger partial charge in [-0.3, -0.25) is 4.79 Å². The van der Waals surface area contributed by atoms with Gasteiger partial charge in [0.05, 0.1) is 16.7 Å². The number of carbonyl (C=O) groups is 1. The zero-order chi connectivity index (χ0) is 16.2. The maximum absolute atomic E-state index is 12.2. The molecule has 5 nitrogen and oxygen atoms in total. The Morgan fingerprint density at radius 3 is 2.61 bits per heavy atom. The van der Waals surface area contributed by atoms with E-state index in [0.717, 1.165) is 28.1 Å². The van der Waals surface area contributed by atoms with Gasteiger partial charge in [0.1, 0.15) is 12.4 Å². The molecule has 0 spiro atoms. The summed E-state index contributed by atoms with van der Waals surface area (Å²) in [5.74, 6) is 0.636. The number of aryl methyl sites for hydroxylation is 1. The molecule has 1 aromatic heterocycles. The van der Waals surface area contributed by atoms with Gasteiger partial charge in [-0.15, -0.1) is 0 Å². The summed E-state index contributed by atoms with van der Waals surface area (Å²) in [4.78, 5) is 16.6. The first-order valence-electron chi connectivity index (χ1n) is 7.45. The number of hydrogen-bond donors (Lipinski definition) is 1. The molecule has 0 aliphatic carbocycles. The second-order valence-corrected chi connectivity index (χ2v) is 5.33. The van der Waals surface area contributed by atoms with Crippen molar-refractivity contribution in [1.82, 2.24) is 15.0 Å². The summed E-state index contributed by atoms with van der Waals surface area (Å²) in [7, 11) is 0. The van der Waals surface area contributed by atoms with Crippen molar-refractivity contribution < 1.29 is 4.79 Å². The van der Waals surface area contributed by atoms with Gasteiger partial charge in [0.25, 0.3) is 5.91 Å². The van der Waals surface area contributed by atoms with Crippen LogP contribution in [-0.2, 0) is 11.3 Å². The van der Waals surface area contributed by atoms with Crippen molar-refractivity contribution in [3.63, 3.8) is 0 Å². The van der Waals surface area contributed by atoms with Gasteiger partial charge in [-0.05, 0) is 31.5 Å². The molecule has 3 aromatic rings. The lowest BCUT2D eigenvalue weighted by atomic mass is 10.1. The Bertz CT molecular complexity index is 865. The summed E-state index contributed by atoms with van der Waals surface area (Å²) in [5, 5.41) is 4.17. The highest BCUT2D eigenvalue weighted by Gasteiger charge is 2.10. The molecule has 23 heavy (non-hydrogen) atoms.